The van der Waals surface area contributed by atoms with Crippen molar-refractivity contribution < 1.29 is 9.84 Å². The van der Waals surface area contributed by atoms with Crippen molar-refractivity contribution in [3.8, 4) is 22.8 Å². The van der Waals surface area contributed by atoms with E-state index in [1.807, 2.05) is 18.2 Å². The summed E-state index contributed by atoms with van der Waals surface area (Å²) in [5.41, 5.74) is 5.50. The molecule has 1 N–H and O–H groups in total. The van der Waals surface area contributed by atoms with Gasteiger partial charge in [-0.1, -0.05) is 48.9 Å². The molecule has 1 fully saturated rings. The highest BCUT2D eigenvalue weighted by Crippen LogP contribution is 2.37. The molecule has 0 atom stereocenters. The van der Waals surface area contributed by atoms with Crippen molar-refractivity contribution in [1.29, 1.82) is 0 Å². The van der Waals surface area contributed by atoms with E-state index in [4.69, 9.17) is 4.74 Å². The van der Waals surface area contributed by atoms with E-state index in [0.717, 1.165) is 36.7 Å². The van der Waals surface area contributed by atoms with E-state index >= 15 is 0 Å². The zero-order valence-electron chi connectivity index (χ0n) is 19.7. The molecular formula is C29H33ClN2O2. The van der Waals surface area contributed by atoms with E-state index in [1.54, 1.807) is 6.07 Å². The van der Waals surface area contributed by atoms with E-state index in [0.29, 0.717) is 5.75 Å². The third-order valence-electron chi connectivity index (χ3n) is 6.77. The van der Waals surface area contributed by atoms with Crippen LogP contribution in [0.25, 0.3) is 22.2 Å². The minimum Gasteiger partial charge on any atom is -0.507 e. The lowest BCUT2D eigenvalue weighted by Gasteiger charge is -2.26. The lowest BCUT2D eigenvalue weighted by Crippen LogP contribution is -2.33. The second-order valence-electron chi connectivity index (χ2n) is 8.99. The van der Waals surface area contributed by atoms with Crippen LogP contribution in [0.3, 0.4) is 0 Å². The maximum atomic E-state index is 10.6. The molecule has 0 unspecified atom stereocenters. The van der Waals surface area contributed by atoms with Gasteiger partial charge in [0.2, 0.25) is 0 Å². The highest BCUT2D eigenvalue weighted by Gasteiger charge is 2.18. The van der Waals surface area contributed by atoms with E-state index in [2.05, 4.69) is 64.9 Å². The molecule has 0 saturated carbocycles. The van der Waals surface area contributed by atoms with Gasteiger partial charge < -0.3 is 14.4 Å². The lowest BCUT2D eigenvalue weighted by molar-refractivity contribution is 0.183. The molecule has 4 nitrogen and oxygen atoms in total. The normalized spacial score (nSPS) is 14.1. The van der Waals surface area contributed by atoms with E-state index in [-0.39, 0.29) is 12.4 Å². The molecule has 4 aromatic rings. The van der Waals surface area contributed by atoms with Gasteiger partial charge in [0.1, 0.15) is 18.1 Å². The van der Waals surface area contributed by atoms with Gasteiger partial charge in [-0.25, -0.2) is 0 Å². The van der Waals surface area contributed by atoms with Crippen LogP contribution in [0, 0.1) is 6.92 Å². The third-order valence-corrected chi connectivity index (χ3v) is 6.77. The van der Waals surface area contributed by atoms with Crippen LogP contribution in [0.2, 0.25) is 0 Å². The van der Waals surface area contributed by atoms with Gasteiger partial charge in [-0.3, -0.25) is 4.90 Å². The molecule has 1 saturated heterocycles. The minimum absolute atomic E-state index is 0. The summed E-state index contributed by atoms with van der Waals surface area (Å²) in [7, 11) is 0. The Hall–Kier alpha value is -2.95. The summed E-state index contributed by atoms with van der Waals surface area (Å²) in [4.78, 5) is 2.50. The van der Waals surface area contributed by atoms with Crippen LogP contribution in [-0.2, 0) is 6.54 Å². The molecule has 5 heteroatoms. The lowest BCUT2D eigenvalue weighted by atomic mass is 10.1. The molecule has 34 heavy (non-hydrogen) atoms. The first-order valence-corrected chi connectivity index (χ1v) is 12.0. The van der Waals surface area contributed by atoms with Crippen LogP contribution in [-0.4, -0.2) is 40.8 Å². The number of aromatic hydroxyl groups is 1. The van der Waals surface area contributed by atoms with Crippen LogP contribution >= 0.6 is 12.4 Å². The second-order valence-corrected chi connectivity index (χ2v) is 8.99. The number of phenols is 1. The molecule has 178 valence electrons. The number of fused-ring (bicyclic) bond motifs is 1. The molecule has 1 aliphatic heterocycles. The fourth-order valence-corrected chi connectivity index (χ4v) is 5.01. The number of piperidine rings is 1. The number of aromatic nitrogens is 1. The zero-order chi connectivity index (χ0) is 22.6. The quantitative estimate of drug-likeness (QED) is 0.324. The minimum atomic E-state index is 0. The number of benzene rings is 3. The van der Waals surface area contributed by atoms with Gasteiger partial charge in [0.15, 0.2) is 0 Å². The van der Waals surface area contributed by atoms with Crippen molar-refractivity contribution in [3.05, 3.63) is 83.9 Å². The molecule has 1 aromatic heterocycles. The third kappa shape index (κ3) is 5.08. The number of aryl methyl sites for hydroxylation is 1. The summed E-state index contributed by atoms with van der Waals surface area (Å²) in [5.74, 6) is 1.23. The Morgan fingerprint density at radius 2 is 1.56 bits per heavy atom. The van der Waals surface area contributed by atoms with Gasteiger partial charge in [-0.15, -0.1) is 12.4 Å². The van der Waals surface area contributed by atoms with Crippen LogP contribution in [0.1, 0.15) is 30.4 Å². The average molecular weight is 477 g/mol. The predicted octanol–water partition coefficient (Wildman–Crippen LogP) is 6.66. The summed E-state index contributed by atoms with van der Waals surface area (Å²) in [6.45, 7) is 7.00. The van der Waals surface area contributed by atoms with E-state index < -0.39 is 0 Å². The summed E-state index contributed by atoms with van der Waals surface area (Å²) in [6, 6.07) is 24.5. The first kappa shape index (κ1) is 24.2. The fourth-order valence-electron chi connectivity index (χ4n) is 5.01. The van der Waals surface area contributed by atoms with Gasteiger partial charge >= 0.3 is 0 Å². The van der Waals surface area contributed by atoms with Crippen molar-refractivity contribution in [2.24, 2.45) is 0 Å². The van der Waals surface area contributed by atoms with Gasteiger partial charge in [-0.05, 0) is 74.3 Å². The topological polar surface area (TPSA) is 37.6 Å². The highest BCUT2D eigenvalue weighted by molar-refractivity contribution is 5.92. The van der Waals surface area contributed by atoms with E-state index in [9.17, 15) is 5.11 Å². The number of ether oxygens (including phenoxy) is 1. The highest BCUT2D eigenvalue weighted by atomic mass is 35.5. The van der Waals surface area contributed by atoms with Gasteiger partial charge in [-0.2, -0.15) is 0 Å². The van der Waals surface area contributed by atoms with Gasteiger partial charge in [0, 0.05) is 29.6 Å². The number of hydrogen-bond donors (Lipinski definition) is 1. The second kappa shape index (κ2) is 11.0. The Bertz CT molecular complexity index is 1230. The average Bonchev–Trinajstić information content (AvgIpc) is 3.13. The molecule has 0 bridgehead atoms. The number of nitrogens with zero attached hydrogens (tertiary/aromatic N) is 2. The molecule has 0 radical (unpaired) electrons. The van der Waals surface area contributed by atoms with Crippen molar-refractivity contribution in [1.82, 2.24) is 9.47 Å². The first-order valence-electron chi connectivity index (χ1n) is 12.0. The van der Waals surface area contributed by atoms with Gasteiger partial charge in [0.05, 0.1) is 5.69 Å². The smallest absolute Gasteiger partial charge is 0.124 e. The molecule has 2 heterocycles. The van der Waals surface area contributed by atoms with Crippen LogP contribution in [0.5, 0.6) is 11.5 Å². The largest absolute Gasteiger partial charge is 0.507 e. The summed E-state index contributed by atoms with van der Waals surface area (Å²) in [6.07, 6.45) is 3.98. The molecule has 1 aliphatic rings. The molecule has 0 spiro atoms. The Morgan fingerprint density at radius 1 is 0.853 bits per heavy atom. The molecule has 3 aromatic carbocycles. The monoisotopic (exact) mass is 476 g/mol. The molecule has 0 aliphatic carbocycles. The fraction of sp³-hybridized carbons (Fsp3) is 0.310. The molecule has 0 amide bonds. The predicted molar refractivity (Wildman–Crippen MR) is 142 cm³/mol. The number of halogens is 1. The Labute approximate surface area is 208 Å². The van der Waals surface area contributed by atoms with Crippen LogP contribution in [0.15, 0.2) is 72.8 Å². The number of likely N-dealkylation sites (tertiary alicyclic amines) is 1. The number of para-hydroxylation sites is 2. The summed E-state index contributed by atoms with van der Waals surface area (Å²) < 4.78 is 8.33. The van der Waals surface area contributed by atoms with Crippen LogP contribution < -0.4 is 4.74 Å². The molecular weight excluding hydrogens is 444 g/mol. The SMILES string of the molecule is Cc1c(-c2ccccc2O)n(Cc2ccc(OCCN3CCCCC3)cc2)c2ccccc12.Cl. The zero-order valence-corrected chi connectivity index (χ0v) is 20.6. The Balaban J connectivity index is 0.00000274. The maximum absolute atomic E-state index is 10.6. The van der Waals surface area contributed by atoms with Gasteiger partial charge in [0.25, 0.3) is 0 Å². The molecule has 5 rings (SSSR count). The summed E-state index contributed by atoms with van der Waals surface area (Å²) in [5, 5.41) is 11.8. The number of phenolic OH excluding ortho intramolecular Hbond substituents is 1. The van der Waals surface area contributed by atoms with Crippen molar-refractivity contribution in [2.45, 2.75) is 32.7 Å². The Morgan fingerprint density at radius 3 is 2.32 bits per heavy atom. The van der Waals surface area contributed by atoms with Crippen LogP contribution in [0.4, 0.5) is 0 Å². The first-order chi connectivity index (χ1) is 16.2. The van der Waals surface area contributed by atoms with Crippen molar-refractivity contribution in [2.75, 3.05) is 26.2 Å². The van der Waals surface area contributed by atoms with Crippen molar-refractivity contribution >= 4 is 23.3 Å². The van der Waals surface area contributed by atoms with Crippen molar-refractivity contribution in [3.63, 3.8) is 0 Å². The number of rotatable bonds is 7. The van der Waals surface area contributed by atoms with E-state index in [1.165, 1.54) is 54.4 Å². The standard InChI is InChI=1S/C29H32N2O2.ClH/c1-22-25-9-3-5-11-27(25)31(29(22)26-10-4-6-12-28(26)32)21-23-13-15-24(16-14-23)33-20-19-30-17-7-2-8-18-30;/h3-6,9-16,32H,2,7-8,17-21H2,1H3;1H. The number of hydrogen-bond acceptors (Lipinski definition) is 3. The Kier molecular flexibility index (Phi) is 7.81. The maximum Gasteiger partial charge on any atom is 0.124 e. The summed E-state index contributed by atoms with van der Waals surface area (Å²) >= 11 is 0.